The van der Waals surface area contributed by atoms with Crippen molar-refractivity contribution in [1.82, 2.24) is 0 Å². The minimum absolute atomic E-state index is 0.476. The van der Waals surface area contributed by atoms with Crippen molar-refractivity contribution < 1.29 is 4.74 Å². The summed E-state index contributed by atoms with van der Waals surface area (Å²) >= 11 is 7.17. The SMILES string of the molecule is BrCC1(CCOc2cccc(Br)c2)CCCCC1. The monoisotopic (exact) mass is 374 g/mol. The van der Waals surface area contributed by atoms with Gasteiger partial charge in [-0.1, -0.05) is 57.2 Å². The summed E-state index contributed by atoms with van der Waals surface area (Å²) in [5, 5.41) is 1.11. The van der Waals surface area contributed by atoms with Crippen LogP contribution in [0.5, 0.6) is 5.75 Å². The first-order valence-electron chi connectivity index (χ1n) is 6.68. The van der Waals surface area contributed by atoms with E-state index >= 15 is 0 Å². The molecule has 0 aromatic heterocycles. The lowest BCUT2D eigenvalue weighted by Crippen LogP contribution is -2.28. The Morgan fingerprint density at radius 1 is 1.17 bits per heavy atom. The molecule has 1 nitrogen and oxygen atoms in total. The van der Waals surface area contributed by atoms with E-state index in [2.05, 4.69) is 31.9 Å². The number of ether oxygens (including phenoxy) is 1. The molecule has 2 rings (SSSR count). The van der Waals surface area contributed by atoms with Gasteiger partial charge in [0.15, 0.2) is 0 Å². The van der Waals surface area contributed by atoms with Crippen LogP contribution in [0.2, 0.25) is 0 Å². The fourth-order valence-electron chi connectivity index (χ4n) is 2.69. The molecule has 1 fully saturated rings. The smallest absolute Gasteiger partial charge is 0.120 e. The van der Waals surface area contributed by atoms with E-state index in [4.69, 9.17) is 4.74 Å². The van der Waals surface area contributed by atoms with Crippen LogP contribution in [0.4, 0.5) is 0 Å². The van der Waals surface area contributed by atoms with Crippen molar-refractivity contribution in [1.29, 1.82) is 0 Å². The van der Waals surface area contributed by atoms with Gasteiger partial charge in [-0.3, -0.25) is 0 Å². The summed E-state index contributed by atoms with van der Waals surface area (Å²) in [7, 11) is 0. The molecule has 1 aliphatic rings. The highest BCUT2D eigenvalue weighted by molar-refractivity contribution is 9.10. The zero-order valence-corrected chi connectivity index (χ0v) is 13.8. The summed E-state index contributed by atoms with van der Waals surface area (Å²) in [5.74, 6) is 0.963. The molecule has 1 aromatic carbocycles. The first-order valence-corrected chi connectivity index (χ1v) is 8.60. The molecule has 3 heteroatoms. The standard InChI is InChI=1S/C15H20Br2O/c16-12-15(7-2-1-3-8-15)9-10-18-14-6-4-5-13(17)11-14/h4-6,11H,1-3,7-10,12H2. The molecule has 18 heavy (non-hydrogen) atoms. The van der Waals surface area contributed by atoms with Gasteiger partial charge in [-0.25, -0.2) is 0 Å². The minimum Gasteiger partial charge on any atom is -0.494 e. The van der Waals surface area contributed by atoms with Gasteiger partial charge in [-0.2, -0.15) is 0 Å². The maximum atomic E-state index is 5.87. The van der Waals surface area contributed by atoms with Crippen LogP contribution in [0.1, 0.15) is 38.5 Å². The Balaban J connectivity index is 1.83. The second-order valence-corrected chi connectivity index (χ2v) is 6.73. The van der Waals surface area contributed by atoms with Gasteiger partial charge < -0.3 is 4.74 Å². The third kappa shape index (κ3) is 3.99. The number of halogens is 2. The van der Waals surface area contributed by atoms with E-state index in [1.54, 1.807) is 0 Å². The highest BCUT2D eigenvalue weighted by atomic mass is 79.9. The maximum absolute atomic E-state index is 5.87. The molecular formula is C15H20Br2O. The average molecular weight is 376 g/mol. The summed E-state index contributed by atoms with van der Waals surface area (Å²) in [4.78, 5) is 0. The van der Waals surface area contributed by atoms with Crippen molar-refractivity contribution in [2.45, 2.75) is 38.5 Å². The fourth-order valence-corrected chi connectivity index (χ4v) is 3.91. The maximum Gasteiger partial charge on any atom is 0.120 e. The highest BCUT2D eigenvalue weighted by Crippen LogP contribution is 2.40. The molecule has 100 valence electrons. The molecule has 0 aliphatic heterocycles. The highest BCUT2D eigenvalue weighted by Gasteiger charge is 2.30. The predicted octanol–water partition coefficient (Wildman–Crippen LogP) is 5.56. The second-order valence-electron chi connectivity index (χ2n) is 5.25. The molecule has 1 aliphatic carbocycles. The quantitative estimate of drug-likeness (QED) is 0.611. The fraction of sp³-hybridized carbons (Fsp3) is 0.600. The molecule has 0 bridgehead atoms. The second kappa shape index (κ2) is 6.95. The van der Waals surface area contributed by atoms with Crippen LogP contribution in [0.3, 0.4) is 0 Å². The summed E-state index contributed by atoms with van der Waals surface area (Å²) in [5.41, 5.74) is 0.476. The molecule has 0 unspecified atom stereocenters. The Morgan fingerprint density at radius 2 is 1.94 bits per heavy atom. The molecule has 0 radical (unpaired) electrons. The van der Waals surface area contributed by atoms with E-state index in [0.717, 1.165) is 28.6 Å². The van der Waals surface area contributed by atoms with E-state index in [0.29, 0.717) is 5.41 Å². The van der Waals surface area contributed by atoms with Crippen LogP contribution < -0.4 is 4.74 Å². The minimum atomic E-state index is 0.476. The average Bonchev–Trinajstić information content (AvgIpc) is 2.40. The van der Waals surface area contributed by atoms with Gasteiger partial charge in [0, 0.05) is 9.80 Å². The van der Waals surface area contributed by atoms with E-state index in [1.807, 2.05) is 24.3 Å². The summed E-state index contributed by atoms with van der Waals surface area (Å²) < 4.78 is 6.94. The summed E-state index contributed by atoms with van der Waals surface area (Å²) in [6, 6.07) is 8.09. The van der Waals surface area contributed by atoms with E-state index in [9.17, 15) is 0 Å². The Morgan fingerprint density at radius 3 is 2.61 bits per heavy atom. The lowest BCUT2D eigenvalue weighted by molar-refractivity contribution is 0.163. The van der Waals surface area contributed by atoms with Gasteiger partial charge in [0.05, 0.1) is 6.61 Å². The molecule has 0 heterocycles. The molecule has 0 N–H and O–H groups in total. The summed E-state index contributed by atoms with van der Waals surface area (Å²) in [6.45, 7) is 0.821. The van der Waals surface area contributed by atoms with Crippen molar-refractivity contribution in [2.24, 2.45) is 5.41 Å². The lowest BCUT2D eigenvalue weighted by atomic mass is 9.74. The Labute approximate surface area is 127 Å². The number of hydrogen-bond donors (Lipinski definition) is 0. The molecular weight excluding hydrogens is 356 g/mol. The van der Waals surface area contributed by atoms with Crippen LogP contribution in [-0.2, 0) is 0 Å². The predicted molar refractivity (Wildman–Crippen MR) is 83.6 cm³/mol. The number of hydrogen-bond acceptors (Lipinski definition) is 1. The topological polar surface area (TPSA) is 9.23 Å². The van der Waals surface area contributed by atoms with Crippen molar-refractivity contribution in [3.05, 3.63) is 28.7 Å². The normalized spacial score (nSPS) is 18.6. The van der Waals surface area contributed by atoms with E-state index in [1.165, 1.54) is 32.1 Å². The van der Waals surface area contributed by atoms with Crippen molar-refractivity contribution in [2.75, 3.05) is 11.9 Å². The zero-order valence-electron chi connectivity index (χ0n) is 10.6. The van der Waals surface area contributed by atoms with Crippen molar-refractivity contribution in [3.63, 3.8) is 0 Å². The summed E-state index contributed by atoms with van der Waals surface area (Å²) in [6.07, 6.45) is 8.01. The van der Waals surface area contributed by atoms with Crippen LogP contribution >= 0.6 is 31.9 Å². The lowest BCUT2D eigenvalue weighted by Gasteiger charge is -2.35. The zero-order chi connectivity index (χ0) is 12.8. The van der Waals surface area contributed by atoms with Gasteiger partial charge in [0.2, 0.25) is 0 Å². The van der Waals surface area contributed by atoms with Gasteiger partial charge in [0.1, 0.15) is 5.75 Å². The first kappa shape index (κ1) is 14.4. The number of alkyl halides is 1. The molecule has 1 saturated carbocycles. The van der Waals surface area contributed by atoms with Gasteiger partial charge in [-0.15, -0.1) is 0 Å². The van der Waals surface area contributed by atoms with Crippen LogP contribution in [0.25, 0.3) is 0 Å². The molecule has 0 spiro atoms. The number of benzene rings is 1. The Kier molecular flexibility index (Phi) is 5.56. The van der Waals surface area contributed by atoms with E-state index < -0.39 is 0 Å². The van der Waals surface area contributed by atoms with E-state index in [-0.39, 0.29) is 0 Å². The molecule has 0 saturated heterocycles. The van der Waals surface area contributed by atoms with Crippen LogP contribution in [0, 0.1) is 5.41 Å². The molecule has 0 atom stereocenters. The van der Waals surface area contributed by atoms with Gasteiger partial charge in [0.25, 0.3) is 0 Å². The Bertz CT molecular complexity index is 373. The van der Waals surface area contributed by atoms with Crippen molar-refractivity contribution in [3.8, 4) is 5.75 Å². The van der Waals surface area contributed by atoms with Gasteiger partial charge in [-0.05, 0) is 42.9 Å². The molecule has 0 amide bonds. The third-order valence-corrected chi connectivity index (χ3v) is 5.58. The number of rotatable bonds is 5. The third-order valence-electron chi connectivity index (χ3n) is 3.89. The van der Waals surface area contributed by atoms with Crippen molar-refractivity contribution >= 4 is 31.9 Å². The van der Waals surface area contributed by atoms with Gasteiger partial charge >= 0.3 is 0 Å². The first-order chi connectivity index (χ1) is 8.74. The largest absolute Gasteiger partial charge is 0.494 e. The van der Waals surface area contributed by atoms with Crippen LogP contribution in [0.15, 0.2) is 28.7 Å². The van der Waals surface area contributed by atoms with Crippen LogP contribution in [-0.4, -0.2) is 11.9 Å². The Hall–Kier alpha value is -0.0200. The molecule has 1 aromatic rings.